The van der Waals surface area contributed by atoms with Crippen molar-refractivity contribution in [3.63, 3.8) is 0 Å². The summed E-state index contributed by atoms with van der Waals surface area (Å²) in [5.74, 6) is 0. The van der Waals surface area contributed by atoms with E-state index in [0.29, 0.717) is 0 Å². The molecule has 0 amide bonds. The van der Waals surface area contributed by atoms with Gasteiger partial charge in [0.25, 0.3) is 0 Å². The average molecular weight is 226 g/mol. The van der Waals surface area contributed by atoms with Gasteiger partial charge in [-0.15, -0.1) is 0 Å². The van der Waals surface area contributed by atoms with E-state index in [1.807, 2.05) is 0 Å². The Morgan fingerprint density at radius 1 is 1.12 bits per heavy atom. The Balaban J connectivity index is -0.0000000267. The molecule has 0 aromatic rings. The Bertz CT molecular complexity index is 99.2. The Morgan fingerprint density at radius 3 is 1.12 bits per heavy atom. The van der Waals surface area contributed by atoms with Crippen molar-refractivity contribution in [3.8, 4) is 0 Å². The first-order valence-electron chi connectivity index (χ1n) is 0.698. The summed E-state index contributed by atoms with van der Waals surface area (Å²) in [6.45, 7) is 0. The second-order valence-electron chi connectivity index (χ2n) is 0.448. The number of hydrogen-bond donors (Lipinski definition) is 2. The van der Waals surface area contributed by atoms with E-state index in [4.69, 9.17) is 17.5 Å². The second kappa shape index (κ2) is 9.18. The molecule has 0 saturated heterocycles. The van der Waals surface area contributed by atoms with E-state index in [9.17, 15) is 0 Å². The van der Waals surface area contributed by atoms with E-state index in [2.05, 4.69) is 0 Å². The molecule has 0 aliphatic heterocycles. The van der Waals surface area contributed by atoms with Crippen LogP contribution in [0.2, 0.25) is 0 Å². The molecule has 0 heterocycles. The first kappa shape index (κ1) is 22.5. The molecule has 50 valence electrons. The van der Waals surface area contributed by atoms with Gasteiger partial charge in [-0.2, -0.15) is 8.42 Å². The smallest absolute Gasteiger partial charge is 0 e. The van der Waals surface area contributed by atoms with Gasteiger partial charge in [-0.1, -0.05) is 0 Å². The van der Waals surface area contributed by atoms with Crippen LogP contribution in [0.15, 0.2) is 0 Å². The molecule has 0 aromatic heterocycles. The van der Waals surface area contributed by atoms with E-state index in [1.54, 1.807) is 0 Å². The molecule has 4 nitrogen and oxygen atoms in total. The van der Waals surface area contributed by atoms with Gasteiger partial charge in [0.1, 0.15) is 0 Å². The minimum absolute atomic E-state index is 0. The maximum absolute atomic E-state index is 8.74. The van der Waals surface area contributed by atoms with E-state index < -0.39 is 10.4 Å². The fourth-order valence-corrected chi connectivity index (χ4v) is 0. The van der Waals surface area contributed by atoms with Gasteiger partial charge in [-0.05, 0) is 0 Å². The summed E-state index contributed by atoms with van der Waals surface area (Å²) in [4.78, 5) is 0. The maximum Gasteiger partial charge on any atom is 0 e. The van der Waals surface area contributed by atoms with Gasteiger partial charge in [0.15, 0.2) is 17.4 Å². The molecule has 0 aromatic carbocycles. The fourth-order valence-electron chi connectivity index (χ4n) is 0. The SMILES string of the molecule is O=S(=O)(O)O.[AlH3].[CaH2].[Fe]. The summed E-state index contributed by atoms with van der Waals surface area (Å²) in [6.07, 6.45) is 0. The van der Waals surface area contributed by atoms with E-state index in [0.717, 1.165) is 0 Å². The molecule has 0 rings (SSSR count). The van der Waals surface area contributed by atoms with Gasteiger partial charge >= 0.3 is 48.1 Å². The molecule has 0 unspecified atom stereocenters. The van der Waals surface area contributed by atoms with Crippen LogP contribution in [0.1, 0.15) is 0 Å². The Labute approximate surface area is 98.6 Å². The standard InChI is InChI=1S/Al.Ca.Fe.H2O4S.5H/c;;;1-5(2,3)4;;;;;/h;;;(H2,1,2,3,4);;;;;. The molecule has 0 aliphatic rings. The Morgan fingerprint density at radius 2 is 1.12 bits per heavy atom. The first-order valence-corrected chi connectivity index (χ1v) is 2.10. The molecule has 8 heteroatoms. The normalized spacial score (nSPS) is 7.25. The van der Waals surface area contributed by atoms with Crippen molar-refractivity contribution in [3.05, 3.63) is 0 Å². The zero-order valence-corrected chi connectivity index (χ0v) is 4.39. The predicted octanol–water partition coefficient (Wildman–Crippen LogP) is -2.76. The molecular formula is H7AlCaFeO4S. The van der Waals surface area contributed by atoms with Gasteiger partial charge < -0.3 is 0 Å². The third-order valence-corrected chi connectivity index (χ3v) is 0. The molecule has 0 aliphatic carbocycles. The molecule has 0 spiro atoms. The van der Waals surface area contributed by atoms with Crippen LogP contribution in [-0.4, -0.2) is 72.6 Å². The molecule has 0 saturated carbocycles. The van der Waals surface area contributed by atoms with Crippen LogP contribution in [0.25, 0.3) is 0 Å². The Kier molecular flexibility index (Phi) is 25.8. The van der Waals surface area contributed by atoms with Gasteiger partial charge in [0.2, 0.25) is 0 Å². The van der Waals surface area contributed by atoms with Crippen molar-refractivity contribution in [2.75, 3.05) is 0 Å². The predicted molar refractivity (Wildman–Crippen MR) is 32.7 cm³/mol. The minimum atomic E-state index is -4.67. The van der Waals surface area contributed by atoms with E-state index in [1.165, 1.54) is 0 Å². The van der Waals surface area contributed by atoms with Crippen LogP contribution in [0.3, 0.4) is 0 Å². The number of hydrogen-bond acceptors (Lipinski definition) is 2. The minimum Gasteiger partial charge on any atom is 0 e. The van der Waals surface area contributed by atoms with Crippen molar-refractivity contribution in [1.82, 2.24) is 0 Å². The van der Waals surface area contributed by atoms with Gasteiger partial charge in [-0.25, -0.2) is 0 Å². The average Bonchev–Trinajstić information content (AvgIpc) is 0.722. The van der Waals surface area contributed by atoms with Crippen LogP contribution >= 0.6 is 0 Å². The van der Waals surface area contributed by atoms with E-state index >= 15 is 0 Å². The molecule has 2 N–H and O–H groups in total. The van der Waals surface area contributed by atoms with Gasteiger partial charge in [-0.3, -0.25) is 9.11 Å². The monoisotopic (exact) mass is 226 g/mol. The Hall–Kier alpha value is 2.18. The van der Waals surface area contributed by atoms with Crippen molar-refractivity contribution in [2.45, 2.75) is 0 Å². The van der Waals surface area contributed by atoms with Gasteiger partial charge in [0, 0.05) is 17.1 Å². The maximum atomic E-state index is 8.74. The third kappa shape index (κ3) is 88.7. The zero-order valence-electron chi connectivity index (χ0n) is 2.47. The summed E-state index contributed by atoms with van der Waals surface area (Å²) >= 11 is 0. The molecule has 0 atom stereocenters. The fraction of sp³-hybridized carbons (Fsp3) is 0. The molecule has 0 bridgehead atoms. The molecular weight excluding hydrogens is 219 g/mol. The largest absolute Gasteiger partial charge is 0 e. The van der Waals surface area contributed by atoms with E-state index in [-0.39, 0.29) is 72.2 Å². The third-order valence-electron chi connectivity index (χ3n) is 0. The van der Waals surface area contributed by atoms with Crippen molar-refractivity contribution in [1.29, 1.82) is 0 Å². The van der Waals surface area contributed by atoms with Crippen LogP contribution in [0, 0.1) is 0 Å². The summed E-state index contributed by atoms with van der Waals surface area (Å²) < 4.78 is 31.6. The van der Waals surface area contributed by atoms with Gasteiger partial charge in [0.05, 0.1) is 0 Å². The summed E-state index contributed by atoms with van der Waals surface area (Å²) in [7, 11) is -4.67. The molecule has 8 heavy (non-hydrogen) atoms. The zero-order chi connectivity index (χ0) is 4.50. The molecule has 0 radical (unpaired) electrons. The summed E-state index contributed by atoms with van der Waals surface area (Å²) in [5, 5.41) is 0. The van der Waals surface area contributed by atoms with Crippen molar-refractivity contribution >= 4 is 65.5 Å². The van der Waals surface area contributed by atoms with Crippen LogP contribution in [-0.2, 0) is 27.5 Å². The quantitative estimate of drug-likeness (QED) is 0.346. The first-order chi connectivity index (χ1) is 2.00. The van der Waals surface area contributed by atoms with Crippen molar-refractivity contribution < 1.29 is 34.6 Å². The van der Waals surface area contributed by atoms with Crippen LogP contribution < -0.4 is 0 Å². The number of rotatable bonds is 0. The van der Waals surface area contributed by atoms with Crippen LogP contribution in [0.5, 0.6) is 0 Å². The second-order valence-corrected chi connectivity index (χ2v) is 1.34. The van der Waals surface area contributed by atoms with Crippen LogP contribution in [0.4, 0.5) is 0 Å². The summed E-state index contributed by atoms with van der Waals surface area (Å²) in [5.41, 5.74) is 0. The van der Waals surface area contributed by atoms with Crippen molar-refractivity contribution in [2.24, 2.45) is 0 Å². The topological polar surface area (TPSA) is 74.6 Å². The molecule has 0 fully saturated rings. The summed E-state index contributed by atoms with van der Waals surface area (Å²) in [6, 6.07) is 0.